The lowest BCUT2D eigenvalue weighted by atomic mass is 9.93. The van der Waals surface area contributed by atoms with Gasteiger partial charge in [0.1, 0.15) is 11.5 Å². The minimum absolute atomic E-state index is 0.0365. The van der Waals surface area contributed by atoms with E-state index in [1.165, 1.54) is 31.4 Å². The maximum absolute atomic E-state index is 12.7. The number of aliphatic hydroxyl groups excluding tert-OH is 2. The molecule has 0 radical (unpaired) electrons. The van der Waals surface area contributed by atoms with Crippen molar-refractivity contribution in [1.82, 2.24) is 0 Å². The lowest BCUT2D eigenvalue weighted by Gasteiger charge is -2.35. The molecule has 0 aromatic heterocycles. The lowest BCUT2D eigenvalue weighted by Crippen LogP contribution is -2.37. The summed E-state index contributed by atoms with van der Waals surface area (Å²) in [5.41, 5.74) is 1.26. The Labute approximate surface area is 194 Å². The zero-order valence-electron chi connectivity index (χ0n) is 18.0. The molecule has 34 heavy (non-hydrogen) atoms. The fourth-order valence-electron chi connectivity index (χ4n) is 4.18. The van der Waals surface area contributed by atoms with Crippen LogP contribution < -0.4 is 18.9 Å². The lowest BCUT2D eigenvalue weighted by molar-refractivity contribution is -0.0130. The molecule has 0 saturated carbocycles. The molecule has 4 unspecified atom stereocenters. The number of ketones is 1. The molecule has 0 fully saturated rings. The number of phenolic OH excluding ortho intramolecular Hbond substituents is 2. The van der Waals surface area contributed by atoms with E-state index in [1.54, 1.807) is 30.3 Å². The minimum atomic E-state index is -1.46. The van der Waals surface area contributed by atoms with Crippen molar-refractivity contribution >= 4 is 5.78 Å². The number of aromatic hydroxyl groups is 2. The van der Waals surface area contributed by atoms with Crippen LogP contribution in [0.1, 0.15) is 33.7 Å². The summed E-state index contributed by atoms with van der Waals surface area (Å²) in [7, 11) is 1.43. The molecule has 0 saturated heterocycles. The van der Waals surface area contributed by atoms with E-state index in [0.29, 0.717) is 22.6 Å². The van der Waals surface area contributed by atoms with Gasteiger partial charge in [0.25, 0.3) is 0 Å². The summed E-state index contributed by atoms with van der Waals surface area (Å²) in [5.74, 6) is 0.497. The van der Waals surface area contributed by atoms with Gasteiger partial charge in [0.05, 0.1) is 19.3 Å². The van der Waals surface area contributed by atoms with Crippen molar-refractivity contribution in [3.63, 3.8) is 0 Å². The normalized spacial score (nSPS) is 23.1. The second kappa shape index (κ2) is 8.44. The van der Waals surface area contributed by atoms with E-state index in [9.17, 15) is 25.2 Å². The molecule has 0 amide bonds. The minimum Gasteiger partial charge on any atom is -0.508 e. The van der Waals surface area contributed by atoms with Crippen LogP contribution in [-0.4, -0.2) is 52.1 Å². The fraction of sp³-hybridized carbons (Fsp3) is 0.240. The molecule has 3 aromatic rings. The van der Waals surface area contributed by atoms with E-state index < -0.39 is 30.2 Å². The van der Waals surface area contributed by atoms with Gasteiger partial charge in [0, 0.05) is 11.6 Å². The summed E-state index contributed by atoms with van der Waals surface area (Å²) in [6.45, 7) is -0.325. The highest BCUT2D eigenvalue weighted by molar-refractivity contribution is 6.03. The molecule has 0 bridgehead atoms. The molecule has 0 aliphatic carbocycles. The third-order valence-corrected chi connectivity index (χ3v) is 5.92. The van der Waals surface area contributed by atoms with Crippen molar-refractivity contribution in [3.05, 3.63) is 71.3 Å². The summed E-state index contributed by atoms with van der Waals surface area (Å²) < 4.78 is 23.1. The molecule has 0 spiro atoms. The molecule has 4 N–H and O–H groups in total. The monoisotopic (exact) mass is 466 g/mol. The van der Waals surface area contributed by atoms with Crippen LogP contribution in [0.5, 0.6) is 34.5 Å². The highest BCUT2D eigenvalue weighted by Gasteiger charge is 2.39. The van der Waals surface area contributed by atoms with E-state index in [0.717, 1.165) is 0 Å². The van der Waals surface area contributed by atoms with Crippen LogP contribution in [0.3, 0.4) is 0 Å². The summed E-state index contributed by atoms with van der Waals surface area (Å²) in [5, 5.41) is 40.2. The summed E-state index contributed by atoms with van der Waals surface area (Å²) in [4.78, 5) is 12.7. The number of Topliss-reactive ketones (excluding diaryl/α,β-unsaturated/α-hetero) is 1. The molecule has 9 nitrogen and oxygen atoms in total. The van der Waals surface area contributed by atoms with Crippen LogP contribution in [0.4, 0.5) is 0 Å². The maximum atomic E-state index is 12.7. The van der Waals surface area contributed by atoms with Gasteiger partial charge in [-0.15, -0.1) is 0 Å². The zero-order valence-corrected chi connectivity index (χ0v) is 18.0. The summed E-state index contributed by atoms with van der Waals surface area (Å²) in [6.07, 6.45) is -3.93. The van der Waals surface area contributed by atoms with Gasteiger partial charge in [0.2, 0.25) is 0 Å². The van der Waals surface area contributed by atoms with Gasteiger partial charge in [-0.3, -0.25) is 4.79 Å². The van der Waals surface area contributed by atoms with Gasteiger partial charge < -0.3 is 39.4 Å². The maximum Gasteiger partial charge on any atom is 0.199 e. The van der Waals surface area contributed by atoms with Crippen molar-refractivity contribution in [2.75, 3.05) is 13.7 Å². The molecule has 9 heteroatoms. The first-order valence-corrected chi connectivity index (χ1v) is 10.6. The molecule has 2 aliphatic rings. The molecule has 2 heterocycles. The Balaban J connectivity index is 1.48. The topological polar surface area (TPSA) is 135 Å². The van der Waals surface area contributed by atoms with Crippen LogP contribution in [0.25, 0.3) is 0 Å². The van der Waals surface area contributed by atoms with Gasteiger partial charge in [-0.05, 0) is 42.0 Å². The average molecular weight is 466 g/mol. The molecular formula is C25H22O9. The number of fused-ring (bicyclic) bond motifs is 2. The first kappa shape index (κ1) is 21.9. The number of hydrogen-bond acceptors (Lipinski definition) is 9. The predicted molar refractivity (Wildman–Crippen MR) is 118 cm³/mol. The third kappa shape index (κ3) is 3.64. The van der Waals surface area contributed by atoms with Gasteiger partial charge in [-0.1, -0.05) is 12.1 Å². The van der Waals surface area contributed by atoms with Crippen molar-refractivity contribution in [1.29, 1.82) is 0 Å². The smallest absolute Gasteiger partial charge is 0.199 e. The van der Waals surface area contributed by atoms with Gasteiger partial charge in [-0.2, -0.15) is 0 Å². The molecule has 3 aromatic carbocycles. The highest BCUT2D eigenvalue weighted by Crippen LogP contribution is 2.44. The number of benzene rings is 3. The van der Waals surface area contributed by atoms with Gasteiger partial charge in [-0.25, -0.2) is 0 Å². The number of rotatable bonds is 4. The zero-order chi connectivity index (χ0) is 24.0. The average Bonchev–Trinajstić information content (AvgIpc) is 2.85. The Morgan fingerprint density at radius 2 is 1.59 bits per heavy atom. The standard InChI is InChI=1S/C25H22O9/c1-31-19-8-12(2-6-16(19)28)24-21(11-26)32-17-7-3-13(9-20(17)34-24)25-23(30)22(29)15-5-4-14(27)10-18(15)33-25/h2-10,21,23-28,30H,11H2,1H3. The van der Waals surface area contributed by atoms with Crippen molar-refractivity contribution in [3.8, 4) is 34.5 Å². The second-order valence-electron chi connectivity index (χ2n) is 8.04. The van der Waals surface area contributed by atoms with Crippen LogP contribution in [-0.2, 0) is 0 Å². The van der Waals surface area contributed by atoms with E-state index in [2.05, 4.69) is 0 Å². The molecule has 176 valence electrons. The molecule has 5 rings (SSSR count). The van der Waals surface area contributed by atoms with E-state index in [4.69, 9.17) is 18.9 Å². The van der Waals surface area contributed by atoms with Crippen molar-refractivity contribution < 1.29 is 44.2 Å². The SMILES string of the molecule is COc1cc(C2Oc3cc(C4Oc5cc(O)ccc5C(=O)C4O)ccc3OC2CO)ccc1O. The number of carbonyl (C=O) groups is 1. The van der Waals surface area contributed by atoms with Crippen LogP contribution in [0.15, 0.2) is 54.6 Å². The molecule has 4 atom stereocenters. The quantitative estimate of drug-likeness (QED) is 0.458. The first-order chi connectivity index (χ1) is 16.4. The Morgan fingerprint density at radius 1 is 0.853 bits per heavy atom. The summed E-state index contributed by atoms with van der Waals surface area (Å²) >= 11 is 0. The van der Waals surface area contributed by atoms with Crippen molar-refractivity contribution in [2.24, 2.45) is 0 Å². The number of methoxy groups -OCH3 is 1. The number of carbonyl (C=O) groups excluding carboxylic acids is 1. The number of phenols is 2. The Hall–Kier alpha value is -3.95. The first-order valence-electron chi connectivity index (χ1n) is 10.6. The number of aliphatic hydroxyl groups is 2. The van der Waals surface area contributed by atoms with Crippen LogP contribution >= 0.6 is 0 Å². The van der Waals surface area contributed by atoms with Gasteiger partial charge in [0.15, 0.2) is 53.2 Å². The number of hydrogen-bond donors (Lipinski definition) is 4. The van der Waals surface area contributed by atoms with E-state index in [-0.39, 0.29) is 35.2 Å². The van der Waals surface area contributed by atoms with Crippen molar-refractivity contribution in [2.45, 2.75) is 24.4 Å². The molecule has 2 aliphatic heterocycles. The molecular weight excluding hydrogens is 444 g/mol. The largest absolute Gasteiger partial charge is 0.508 e. The van der Waals surface area contributed by atoms with Crippen LogP contribution in [0.2, 0.25) is 0 Å². The van der Waals surface area contributed by atoms with E-state index in [1.807, 2.05) is 0 Å². The predicted octanol–water partition coefficient (Wildman–Crippen LogP) is 2.66. The van der Waals surface area contributed by atoms with E-state index >= 15 is 0 Å². The second-order valence-corrected chi connectivity index (χ2v) is 8.04. The summed E-state index contributed by atoms with van der Waals surface area (Å²) in [6, 6.07) is 13.6. The highest BCUT2D eigenvalue weighted by atomic mass is 16.6. The van der Waals surface area contributed by atoms with Crippen LogP contribution in [0, 0.1) is 0 Å². The Bertz CT molecular complexity index is 1260. The Kier molecular flexibility index (Phi) is 5.43. The Morgan fingerprint density at radius 3 is 2.35 bits per heavy atom. The third-order valence-electron chi connectivity index (χ3n) is 5.92. The fourth-order valence-corrected chi connectivity index (χ4v) is 4.18. The number of ether oxygens (including phenoxy) is 4. The van der Waals surface area contributed by atoms with Gasteiger partial charge >= 0.3 is 0 Å².